The highest BCUT2D eigenvalue weighted by Crippen LogP contribution is 2.42. The average Bonchev–Trinajstić information content (AvgIpc) is 2.86. The minimum absolute atomic E-state index is 0.138. The summed E-state index contributed by atoms with van der Waals surface area (Å²) in [6.45, 7) is -0.287. The van der Waals surface area contributed by atoms with Crippen molar-refractivity contribution in [2.24, 2.45) is 7.05 Å². The number of anilines is 1. The summed E-state index contributed by atoms with van der Waals surface area (Å²) in [6, 6.07) is 20.1. The first-order valence-electron chi connectivity index (χ1n) is 11.1. The second kappa shape index (κ2) is 9.71. The van der Waals surface area contributed by atoms with Gasteiger partial charge >= 0.3 is 0 Å². The van der Waals surface area contributed by atoms with Gasteiger partial charge in [-0.3, -0.25) is 4.90 Å². The molecule has 176 valence electrons. The second-order valence-electron chi connectivity index (χ2n) is 8.42. The van der Waals surface area contributed by atoms with Crippen LogP contribution in [0.1, 0.15) is 11.1 Å². The zero-order chi connectivity index (χ0) is 24.4. The lowest BCUT2D eigenvalue weighted by molar-refractivity contribution is -0.645. The first-order chi connectivity index (χ1) is 16.4. The maximum atomic E-state index is 10.1. The predicted octanol–water partition coefficient (Wildman–Crippen LogP) is 4.07. The molecular weight excluding hydrogens is 428 g/mol. The molecule has 0 radical (unpaired) electrons. The van der Waals surface area contributed by atoms with Crippen molar-refractivity contribution in [3.8, 4) is 33.9 Å². The number of rotatable bonds is 7. The molecule has 0 saturated heterocycles. The molecule has 0 spiro atoms. The largest absolute Gasteiger partial charge is 0.493 e. The lowest BCUT2D eigenvalue weighted by Gasteiger charge is -2.22. The Labute approximate surface area is 200 Å². The van der Waals surface area contributed by atoms with Crippen LogP contribution >= 0.6 is 0 Å². The normalized spacial score (nSPS) is 11.0. The van der Waals surface area contributed by atoms with Crippen LogP contribution in [0.3, 0.4) is 0 Å². The molecule has 1 heterocycles. The number of fused-ring (bicyclic) bond motifs is 1. The molecule has 0 bridgehead atoms. The first kappa shape index (κ1) is 23.5. The molecule has 1 aromatic heterocycles. The van der Waals surface area contributed by atoms with Gasteiger partial charge in [0.2, 0.25) is 0 Å². The first-order valence-corrected chi connectivity index (χ1v) is 11.1. The van der Waals surface area contributed by atoms with E-state index < -0.39 is 0 Å². The molecule has 0 fully saturated rings. The van der Waals surface area contributed by atoms with Gasteiger partial charge < -0.3 is 19.7 Å². The van der Waals surface area contributed by atoms with Crippen LogP contribution in [0.15, 0.2) is 60.7 Å². The van der Waals surface area contributed by atoms with Crippen LogP contribution in [0.2, 0.25) is 0 Å². The van der Waals surface area contributed by atoms with Crippen LogP contribution in [-0.2, 0) is 20.3 Å². The highest BCUT2D eigenvalue weighted by molar-refractivity contribution is 6.06. The van der Waals surface area contributed by atoms with Crippen molar-refractivity contribution in [1.29, 1.82) is 0 Å². The van der Waals surface area contributed by atoms with Crippen molar-refractivity contribution in [1.82, 2.24) is 0 Å². The van der Waals surface area contributed by atoms with E-state index in [4.69, 9.17) is 9.47 Å². The minimum atomic E-state index is -0.149. The highest BCUT2D eigenvalue weighted by atomic mass is 16.5. The molecule has 34 heavy (non-hydrogen) atoms. The molecule has 4 rings (SSSR count). The fraction of sp³-hybridized carbons (Fsp3) is 0.250. The summed E-state index contributed by atoms with van der Waals surface area (Å²) in [7, 11) is 9.32. The van der Waals surface area contributed by atoms with Gasteiger partial charge in [-0.1, -0.05) is 30.3 Å². The van der Waals surface area contributed by atoms with Crippen molar-refractivity contribution < 1.29 is 24.3 Å². The molecule has 0 atom stereocenters. The van der Waals surface area contributed by atoms with Crippen LogP contribution in [0.25, 0.3) is 33.2 Å². The maximum absolute atomic E-state index is 10.1. The Morgan fingerprint density at radius 3 is 1.94 bits per heavy atom. The van der Waals surface area contributed by atoms with E-state index in [1.54, 1.807) is 14.2 Å². The summed E-state index contributed by atoms with van der Waals surface area (Å²) in [5.74, 6) is 2.30. The molecule has 6 heteroatoms. The van der Waals surface area contributed by atoms with Crippen molar-refractivity contribution >= 4 is 16.6 Å². The van der Waals surface area contributed by atoms with E-state index >= 15 is 0 Å². The van der Waals surface area contributed by atoms with Gasteiger partial charge in [0.1, 0.15) is 5.69 Å². The monoisotopic (exact) mass is 459 g/mol. The topological polar surface area (TPSA) is 66.0 Å². The molecule has 4 aromatic rings. The number of benzene rings is 3. The van der Waals surface area contributed by atoms with Crippen LogP contribution in [0, 0.1) is 0 Å². The number of nitrogens with zero attached hydrogens (tertiary/aromatic N) is 2. The van der Waals surface area contributed by atoms with E-state index in [0.717, 1.165) is 44.5 Å². The molecule has 2 N–H and O–H groups in total. The lowest BCUT2D eigenvalue weighted by atomic mass is 9.90. The van der Waals surface area contributed by atoms with Gasteiger partial charge in [-0.05, 0) is 47.0 Å². The fourth-order valence-corrected chi connectivity index (χ4v) is 4.72. The summed E-state index contributed by atoms with van der Waals surface area (Å²) in [6.07, 6.45) is 0. The summed E-state index contributed by atoms with van der Waals surface area (Å²) < 4.78 is 13.3. The number of aliphatic hydroxyl groups is 2. The molecule has 0 amide bonds. The molecule has 0 aliphatic rings. The third kappa shape index (κ3) is 3.95. The minimum Gasteiger partial charge on any atom is -0.493 e. The Morgan fingerprint density at radius 1 is 0.765 bits per heavy atom. The number of hydrogen-bond donors (Lipinski definition) is 2. The second-order valence-corrected chi connectivity index (χ2v) is 8.42. The molecule has 0 aliphatic heterocycles. The van der Waals surface area contributed by atoms with E-state index in [0.29, 0.717) is 17.1 Å². The number of aliphatic hydroxyl groups excluding tert-OH is 2. The van der Waals surface area contributed by atoms with Gasteiger partial charge in [-0.2, -0.15) is 0 Å². The Bertz CT molecular complexity index is 1330. The number of ether oxygens (including phenoxy) is 2. The van der Waals surface area contributed by atoms with E-state index in [-0.39, 0.29) is 13.2 Å². The zero-order valence-electron chi connectivity index (χ0n) is 20.3. The Hall–Kier alpha value is -3.61. The van der Waals surface area contributed by atoms with Gasteiger partial charge in [-0.25, -0.2) is 4.57 Å². The van der Waals surface area contributed by atoms with Crippen molar-refractivity contribution in [3.63, 3.8) is 0 Å². The molecular formula is C28H31N2O4+. The standard InChI is InChI=1S/C28H31N2O4/c1-29(2)28-23-14-21(17-32)20(16-31)13-22(23)26(18-9-7-6-8-10-18)27(30(28)3)19-11-12-24(33-4)25(15-19)34-5/h6-15,31-32H,16-17H2,1-5H3/q+1. The summed E-state index contributed by atoms with van der Waals surface area (Å²) >= 11 is 0. The third-order valence-electron chi connectivity index (χ3n) is 6.22. The van der Waals surface area contributed by atoms with Gasteiger partial charge in [0.15, 0.2) is 11.5 Å². The van der Waals surface area contributed by atoms with E-state index in [1.165, 1.54) is 0 Å². The van der Waals surface area contributed by atoms with Gasteiger partial charge in [0.25, 0.3) is 5.82 Å². The Morgan fingerprint density at radius 2 is 1.38 bits per heavy atom. The summed E-state index contributed by atoms with van der Waals surface area (Å²) in [5.41, 5.74) is 5.50. The highest BCUT2D eigenvalue weighted by Gasteiger charge is 2.27. The summed E-state index contributed by atoms with van der Waals surface area (Å²) in [5, 5.41) is 22.0. The number of methoxy groups -OCH3 is 2. The number of pyridine rings is 1. The number of aromatic nitrogens is 1. The quantitative estimate of drug-likeness (QED) is 0.408. The van der Waals surface area contributed by atoms with Crippen molar-refractivity contribution in [2.75, 3.05) is 33.2 Å². The molecule has 0 aliphatic carbocycles. The number of hydrogen-bond acceptors (Lipinski definition) is 5. The van der Waals surface area contributed by atoms with Crippen molar-refractivity contribution in [3.05, 3.63) is 71.8 Å². The van der Waals surface area contributed by atoms with Crippen LogP contribution in [-0.4, -0.2) is 38.5 Å². The Balaban J connectivity index is 2.22. The van der Waals surface area contributed by atoms with Gasteiger partial charge in [0, 0.05) is 16.5 Å². The molecule has 0 unspecified atom stereocenters. The lowest BCUT2D eigenvalue weighted by Crippen LogP contribution is -2.39. The van der Waals surface area contributed by atoms with Crippen molar-refractivity contribution in [2.45, 2.75) is 13.2 Å². The molecule has 6 nitrogen and oxygen atoms in total. The van der Waals surface area contributed by atoms with Crippen LogP contribution < -0.4 is 18.9 Å². The maximum Gasteiger partial charge on any atom is 0.284 e. The average molecular weight is 460 g/mol. The Kier molecular flexibility index (Phi) is 6.72. The fourth-order valence-electron chi connectivity index (χ4n) is 4.72. The predicted molar refractivity (Wildman–Crippen MR) is 135 cm³/mol. The van der Waals surface area contributed by atoms with Crippen LogP contribution in [0.5, 0.6) is 11.5 Å². The van der Waals surface area contributed by atoms with E-state index in [9.17, 15) is 10.2 Å². The smallest absolute Gasteiger partial charge is 0.284 e. The third-order valence-corrected chi connectivity index (χ3v) is 6.22. The van der Waals surface area contributed by atoms with E-state index in [1.807, 2.05) is 69.7 Å². The SMILES string of the molecule is COc1ccc(-c2c(-c3ccccc3)c3cc(CO)c(CO)cc3c(N(C)C)[n+]2C)cc1OC. The van der Waals surface area contributed by atoms with Crippen LogP contribution in [0.4, 0.5) is 5.82 Å². The summed E-state index contributed by atoms with van der Waals surface area (Å²) in [4.78, 5) is 2.07. The molecule has 3 aromatic carbocycles. The van der Waals surface area contributed by atoms with E-state index in [2.05, 4.69) is 21.6 Å². The zero-order valence-corrected chi connectivity index (χ0v) is 20.3. The van der Waals surface area contributed by atoms with Gasteiger partial charge in [0.05, 0.1) is 54.0 Å². The molecule has 0 saturated carbocycles. The van der Waals surface area contributed by atoms with Gasteiger partial charge in [-0.15, -0.1) is 0 Å².